The molecule has 0 bridgehead atoms. The van der Waals surface area contributed by atoms with Crippen LogP contribution < -0.4 is 16.8 Å². The third-order valence-electron chi connectivity index (χ3n) is 1.31. The van der Waals surface area contributed by atoms with Gasteiger partial charge in [0.15, 0.2) is 0 Å². The third kappa shape index (κ3) is 2.31. The zero-order valence-electron chi connectivity index (χ0n) is 6.91. The monoisotopic (exact) mass is 168 g/mol. The van der Waals surface area contributed by atoms with Crippen LogP contribution in [0.1, 0.15) is 5.82 Å². The van der Waals surface area contributed by atoms with Gasteiger partial charge in [-0.1, -0.05) is 0 Å². The molecule has 66 valence electrons. The first-order valence-corrected chi connectivity index (χ1v) is 3.63. The summed E-state index contributed by atoms with van der Waals surface area (Å²) < 4.78 is 0. The predicted octanol–water partition coefficient (Wildman–Crippen LogP) is -1.20. The summed E-state index contributed by atoms with van der Waals surface area (Å²) in [5.74, 6) is 0.969. The Morgan fingerprint density at radius 1 is 1.17 bits per heavy atom. The first kappa shape index (κ1) is 8.66. The van der Waals surface area contributed by atoms with E-state index >= 15 is 0 Å². The minimum Gasteiger partial charge on any atom is -0.368 e. The molecule has 0 saturated carbocycles. The molecule has 0 aliphatic heterocycles. The molecular weight excluding hydrogens is 156 g/mol. The maximum absolute atomic E-state index is 5.37. The van der Waals surface area contributed by atoms with Crippen LogP contribution in [0, 0.1) is 0 Å². The highest BCUT2D eigenvalue weighted by Crippen LogP contribution is 1.98. The summed E-state index contributed by atoms with van der Waals surface area (Å²) >= 11 is 0. The molecule has 0 unspecified atom stereocenters. The maximum Gasteiger partial charge on any atom is 0.225 e. The van der Waals surface area contributed by atoms with Crippen molar-refractivity contribution in [1.29, 1.82) is 0 Å². The van der Waals surface area contributed by atoms with Gasteiger partial charge in [0.2, 0.25) is 11.9 Å². The lowest BCUT2D eigenvalue weighted by Crippen LogP contribution is -2.14. The summed E-state index contributed by atoms with van der Waals surface area (Å²) in [4.78, 5) is 11.5. The van der Waals surface area contributed by atoms with Crippen LogP contribution in [-0.4, -0.2) is 28.5 Å². The SMILES string of the molecule is CNCCc1nc(N)nc(N)n1. The number of likely N-dealkylation sites (N-methyl/N-ethyl adjacent to an activating group) is 1. The van der Waals surface area contributed by atoms with Gasteiger partial charge in [-0.25, -0.2) is 0 Å². The first-order valence-electron chi connectivity index (χ1n) is 3.63. The van der Waals surface area contributed by atoms with E-state index in [1.54, 1.807) is 0 Å². The molecule has 1 rings (SSSR count). The molecule has 1 aromatic rings. The van der Waals surface area contributed by atoms with Crippen LogP contribution in [0.15, 0.2) is 0 Å². The third-order valence-corrected chi connectivity index (χ3v) is 1.31. The number of hydrogen-bond acceptors (Lipinski definition) is 6. The van der Waals surface area contributed by atoms with Crippen molar-refractivity contribution in [2.75, 3.05) is 25.1 Å². The van der Waals surface area contributed by atoms with Gasteiger partial charge in [-0.3, -0.25) is 0 Å². The average molecular weight is 168 g/mol. The van der Waals surface area contributed by atoms with Crippen LogP contribution in [0.5, 0.6) is 0 Å². The van der Waals surface area contributed by atoms with Crippen molar-refractivity contribution in [3.63, 3.8) is 0 Å². The number of nitrogens with zero attached hydrogens (tertiary/aromatic N) is 3. The Morgan fingerprint density at radius 2 is 1.75 bits per heavy atom. The molecule has 0 fully saturated rings. The van der Waals surface area contributed by atoms with Gasteiger partial charge < -0.3 is 16.8 Å². The number of nitrogens with two attached hydrogens (primary N) is 2. The summed E-state index contributed by atoms with van der Waals surface area (Å²) in [7, 11) is 1.86. The van der Waals surface area contributed by atoms with E-state index in [2.05, 4.69) is 20.3 Å². The second-order valence-corrected chi connectivity index (χ2v) is 2.32. The molecule has 12 heavy (non-hydrogen) atoms. The van der Waals surface area contributed by atoms with Gasteiger partial charge in [0.1, 0.15) is 5.82 Å². The van der Waals surface area contributed by atoms with Gasteiger partial charge in [-0.2, -0.15) is 15.0 Å². The zero-order valence-corrected chi connectivity index (χ0v) is 6.91. The lowest BCUT2D eigenvalue weighted by molar-refractivity contribution is 0.752. The normalized spacial score (nSPS) is 10.1. The van der Waals surface area contributed by atoms with Crippen LogP contribution in [0.25, 0.3) is 0 Å². The summed E-state index contributed by atoms with van der Waals surface area (Å²) in [5, 5.41) is 2.97. The van der Waals surface area contributed by atoms with Crippen molar-refractivity contribution < 1.29 is 0 Å². The largest absolute Gasteiger partial charge is 0.368 e. The van der Waals surface area contributed by atoms with Gasteiger partial charge in [-0.05, 0) is 7.05 Å². The molecule has 0 atom stereocenters. The quantitative estimate of drug-likeness (QED) is 0.523. The number of hydrogen-bond donors (Lipinski definition) is 3. The van der Waals surface area contributed by atoms with Gasteiger partial charge in [0.25, 0.3) is 0 Å². The Bertz CT molecular complexity index is 240. The molecule has 0 aromatic carbocycles. The van der Waals surface area contributed by atoms with E-state index in [1.165, 1.54) is 0 Å². The average Bonchev–Trinajstić information content (AvgIpc) is 1.99. The fraction of sp³-hybridized carbons (Fsp3) is 0.500. The van der Waals surface area contributed by atoms with Crippen molar-refractivity contribution in [2.45, 2.75) is 6.42 Å². The van der Waals surface area contributed by atoms with E-state index in [0.717, 1.165) is 6.54 Å². The van der Waals surface area contributed by atoms with E-state index in [0.29, 0.717) is 12.2 Å². The van der Waals surface area contributed by atoms with Crippen LogP contribution in [0.3, 0.4) is 0 Å². The summed E-state index contributed by atoms with van der Waals surface area (Å²) in [6, 6.07) is 0. The summed E-state index contributed by atoms with van der Waals surface area (Å²) in [5.41, 5.74) is 10.7. The minimum atomic E-state index is 0.175. The molecule has 0 spiro atoms. The van der Waals surface area contributed by atoms with Crippen molar-refractivity contribution >= 4 is 11.9 Å². The lowest BCUT2D eigenvalue weighted by Gasteiger charge is -2.00. The molecule has 0 saturated heterocycles. The number of anilines is 2. The maximum atomic E-state index is 5.37. The predicted molar refractivity (Wildman–Crippen MR) is 46.3 cm³/mol. The topological polar surface area (TPSA) is 103 Å². The molecule has 6 nitrogen and oxygen atoms in total. The van der Waals surface area contributed by atoms with E-state index in [1.807, 2.05) is 7.05 Å². The molecule has 5 N–H and O–H groups in total. The van der Waals surface area contributed by atoms with E-state index in [4.69, 9.17) is 11.5 Å². The summed E-state index contributed by atoms with van der Waals surface area (Å²) in [6.45, 7) is 0.795. The van der Waals surface area contributed by atoms with Crippen molar-refractivity contribution in [3.8, 4) is 0 Å². The fourth-order valence-electron chi connectivity index (χ4n) is 0.805. The highest BCUT2D eigenvalue weighted by molar-refractivity contribution is 5.25. The number of aromatic nitrogens is 3. The number of nitrogen functional groups attached to an aromatic ring is 2. The molecular formula is C6H12N6. The highest BCUT2D eigenvalue weighted by atomic mass is 15.1. The van der Waals surface area contributed by atoms with Crippen LogP contribution in [-0.2, 0) is 6.42 Å². The van der Waals surface area contributed by atoms with Crippen molar-refractivity contribution in [3.05, 3.63) is 5.82 Å². The number of nitrogens with one attached hydrogen (secondary N) is 1. The fourth-order valence-corrected chi connectivity index (χ4v) is 0.805. The van der Waals surface area contributed by atoms with E-state index in [-0.39, 0.29) is 11.9 Å². The Labute approximate surface area is 70.4 Å². The van der Waals surface area contributed by atoms with E-state index in [9.17, 15) is 0 Å². The molecule has 6 heteroatoms. The van der Waals surface area contributed by atoms with Gasteiger partial charge in [-0.15, -0.1) is 0 Å². The Kier molecular flexibility index (Phi) is 2.76. The van der Waals surface area contributed by atoms with Crippen LogP contribution in [0.4, 0.5) is 11.9 Å². The Morgan fingerprint density at radius 3 is 2.25 bits per heavy atom. The minimum absolute atomic E-state index is 0.175. The molecule has 1 heterocycles. The van der Waals surface area contributed by atoms with Crippen LogP contribution in [0.2, 0.25) is 0 Å². The smallest absolute Gasteiger partial charge is 0.225 e. The van der Waals surface area contributed by atoms with Crippen molar-refractivity contribution in [2.24, 2.45) is 0 Å². The lowest BCUT2D eigenvalue weighted by atomic mass is 10.4. The highest BCUT2D eigenvalue weighted by Gasteiger charge is 1.99. The zero-order chi connectivity index (χ0) is 8.97. The van der Waals surface area contributed by atoms with Crippen molar-refractivity contribution in [1.82, 2.24) is 20.3 Å². The standard InChI is InChI=1S/C6H12N6/c1-9-3-2-4-10-5(7)12-6(8)11-4/h9H,2-3H2,1H3,(H4,7,8,10,11,12). The van der Waals surface area contributed by atoms with Gasteiger partial charge in [0.05, 0.1) is 0 Å². The summed E-state index contributed by atoms with van der Waals surface area (Å²) in [6.07, 6.45) is 0.702. The first-order chi connectivity index (χ1) is 5.72. The van der Waals surface area contributed by atoms with Crippen LogP contribution >= 0.6 is 0 Å². The second-order valence-electron chi connectivity index (χ2n) is 2.32. The van der Waals surface area contributed by atoms with Gasteiger partial charge >= 0.3 is 0 Å². The molecule has 0 aliphatic carbocycles. The number of rotatable bonds is 3. The Balaban J connectivity index is 2.72. The molecule has 0 amide bonds. The molecule has 0 aliphatic rings. The van der Waals surface area contributed by atoms with E-state index < -0.39 is 0 Å². The second kappa shape index (κ2) is 3.82. The van der Waals surface area contributed by atoms with Gasteiger partial charge in [0, 0.05) is 13.0 Å². The Hall–Kier alpha value is -1.43. The molecule has 0 radical (unpaired) electrons. The molecule has 1 aromatic heterocycles.